The molecule has 14 heteroatoms. The molecule has 2 amide bonds. The number of aromatic nitrogens is 2. The topological polar surface area (TPSA) is 145 Å². The van der Waals surface area contributed by atoms with Crippen LogP contribution in [0.5, 0.6) is 0 Å². The number of carbonyl (C=O) groups excluding carboxylic acids is 3. The number of hydrogen-bond acceptors (Lipinski definition) is 9. The highest BCUT2D eigenvalue weighted by Gasteiger charge is 2.41. The van der Waals surface area contributed by atoms with Crippen molar-refractivity contribution in [1.29, 1.82) is 0 Å². The zero-order valence-corrected chi connectivity index (χ0v) is 30.4. The molecule has 270 valence electrons. The summed E-state index contributed by atoms with van der Waals surface area (Å²) in [6.07, 6.45) is 5.12. The van der Waals surface area contributed by atoms with Gasteiger partial charge < -0.3 is 29.3 Å². The van der Waals surface area contributed by atoms with Crippen molar-refractivity contribution < 1.29 is 28.2 Å². The standard InChI is InChI=1S/C37H45N6O7P/c1-7-31-32(50-51(48-21-20-38-6)43(25(2)3)26(4)5)22-33(49-31)42-23-30(14-11-19-39-35(45)29-17-15-27(24-44)16-18-29)34(41-37(42)47)40-36(46)28-12-9-8-10-13-28/h8-18,23-26,31-33H,7,19-22H2,1-5H3,(H,39,45)(H,40,41,46,47)/b14-11+. The van der Waals surface area contributed by atoms with Crippen molar-refractivity contribution in [1.82, 2.24) is 19.5 Å². The number of carbonyl (C=O) groups is 3. The van der Waals surface area contributed by atoms with Gasteiger partial charge in [0.2, 0.25) is 6.54 Å². The second-order valence-corrected chi connectivity index (χ2v) is 13.8. The third kappa shape index (κ3) is 10.7. The van der Waals surface area contributed by atoms with Crippen LogP contribution < -0.4 is 16.3 Å². The highest BCUT2D eigenvalue weighted by atomic mass is 31.2. The first-order valence-electron chi connectivity index (χ1n) is 16.9. The lowest BCUT2D eigenvalue weighted by molar-refractivity contribution is -0.0200. The Balaban J connectivity index is 1.59. The highest BCUT2D eigenvalue weighted by molar-refractivity contribution is 7.44. The van der Waals surface area contributed by atoms with Gasteiger partial charge in [-0.15, -0.1) is 0 Å². The molecular weight excluding hydrogens is 671 g/mol. The zero-order valence-electron chi connectivity index (χ0n) is 29.5. The lowest BCUT2D eigenvalue weighted by Gasteiger charge is -2.37. The van der Waals surface area contributed by atoms with Gasteiger partial charge >= 0.3 is 5.69 Å². The Morgan fingerprint density at radius 1 is 1.10 bits per heavy atom. The number of nitrogens with one attached hydrogen (secondary N) is 2. The SMILES string of the molecule is [C-]#[N+]CCOP(OC1CC(n2cc(/C=C/CNC(=O)c3ccc(C=O)cc3)c(NC(=O)c3ccccc3)nc2=O)OC1CC)N(C(C)C)C(C)C. The molecule has 0 spiro atoms. The Labute approximate surface area is 299 Å². The molecule has 51 heavy (non-hydrogen) atoms. The highest BCUT2D eigenvalue weighted by Crippen LogP contribution is 2.50. The van der Waals surface area contributed by atoms with Crippen LogP contribution in [0.4, 0.5) is 5.82 Å². The van der Waals surface area contributed by atoms with Crippen LogP contribution in [0.2, 0.25) is 0 Å². The van der Waals surface area contributed by atoms with Crippen LogP contribution in [0.1, 0.15) is 90.3 Å². The number of anilines is 1. The van der Waals surface area contributed by atoms with Gasteiger partial charge in [0, 0.05) is 53.5 Å². The van der Waals surface area contributed by atoms with E-state index in [-0.39, 0.29) is 49.6 Å². The minimum absolute atomic E-state index is 0.0520. The first-order chi connectivity index (χ1) is 24.6. The molecule has 1 saturated heterocycles. The average molecular weight is 717 g/mol. The maximum atomic E-state index is 13.5. The quantitative estimate of drug-likeness (QED) is 0.0731. The van der Waals surface area contributed by atoms with Gasteiger partial charge in [-0.05, 0) is 58.4 Å². The fraction of sp³-hybridized carbons (Fsp3) is 0.405. The average Bonchev–Trinajstić information content (AvgIpc) is 3.53. The van der Waals surface area contributed by atoms with E-state index in [4.69, 9.17) is 20.4 Å². The van der Waals surface area contributed by atoms with Crippen molar-refractivity contribution in [2.45, 2.75) is 78.0 Å². The molecule has 3 aromatic rings. The summed E-state index contributed by atoms with van der Waals surface area (Å²) >= 11 is 0. The summed E-state index contributed by atoms with van der Waals surface area (Å²) < 4.78 is 22.7. The summed E-state index contributed by atoms with van der Waals surface area (Å²) in [5.41, 5.74) is 1.05. The summed E-state index contributed by atoms with van der Waals surface area (Å²) in [4.78, 5) is 57.9. The Bertz CT molecular complexity index is 1750. The lowest BCUT2D eigenvalue weighted by Crippen LogP contribution is -2.35. The molecule has 4 unspecified atom stereocenters. The van der Waals surface area contributed by atoms with Gasteiger partial charge in [-0.3, -0.25) is 19.0 Å². The molecule has 0 bridgehead atoms. The molecule has 13 nitrogen and oxygen atoms in total. The van der Waals surface area contributed by atoms with E-state index >= 15 is 0 Å². The van der Waals surface area contributed by atoms with Crippen molar-refractivity contribution in [2.75, 3.05) is 25.0 Å². The van der Waals surface area contributed by atoms with E-state index in [9.17, 15) is 19.2 Å². The Kier molecular flexibility index (Phi) is 14.7. The molecule has 1 aliphatic heterocycles. The van der Waals surface area contributed by atoms with E-state index in [2.05, 4.69) is 52.8 Å². The number of hydrogen-bond donors (Lipinski definition) is 2. The Hall–Kier alpha value is -4.57. The smallest absolute Gasteiger partial charge is 0.351 e. The second kappa shape index (κ2) is 19.2. The monoisotopic (exact) mass is 716 g/mol. The van der Waals surface area contributed by atoms with Crippen LogP contribution in [0.25, 0.3) is 10.9 Å². The van der Waals surface area contributed by atoms with Crippen LogP contribution in [0.3, 0.4) is 0 Å². The first kappa shape index (κ1) is 39.2. The molecule has 0 aliphatic carbocycles. The summed E-state index contributed by atoms with van der Waals surface area (Å²) in [5.74, 6) is -0.721. The van der Waals surface area contributed by atoms with Crippen molar-refractivity contribution in [2.24, 2.45) is 0 Å². The molecule has 2 heterocycles. The van der Waals surface area contributed by atoms with Crippen LogP contribution in [0.15, 0.2) is 71.7 Å². The van der Waals surface area contributed by atoms with E-state index in [1.54, 1.807) is 72.9 Å². The lowest BCUT2D eigenvalue weighted by atomic mass is 10.1. The van der Waals surface area contributed by atoms with Crippen LogP contribution in [-0.4, -0.2) is 76.3 Å². The van der Waals surface area contributed by atoms with Gasteiger partial charge in [0.1, 0.15) is 24.9 Å². The third-order valence-electron chi connectivity index (χ3n) is 8.00. The number of rotatable bonds is 17. The molecule has 0 radical (unpaired) electrons. The molecule has 1 aliphatic rings. The predicted octanol–water partition coefficient (Wildman–Crippen LogP) is 6.12. The maximum absolute atomic E-state index is 13.5. The van der Waals surface area contributed by atoms with Gasteiger partial charge in [-0.25, -0.2) is 16.0 Å². The van der Waals surface area contributed by atoms with Crippen molar-refractivity contribution in [3.8, 4) is 0 Å². The first-order valence-corrected chi connectivity index (χ1v) is 18.1. The molecular formula is C37H45N6O7P. The number of nitrogens with zero attached hydrogens (tertiary/aromatic N) is 4. The number of ether oxygens (including phenoxy) is 1. The van der Waals surface area contributed by atoms with Crippen molar-refractivity contribution in [3.05, 3.63) is 111 Å². The van der Waals surface area contributed by atoms with Crippen LogP contribution in [-0.2, 0) is 13.8 Å². The normalized spacial score (nSPS) is 17.9. The van der Waals surface area contributed by atoms with E-state index in [0.717, 1.165) is 0 Å². The minimum Gasteiger partial charge on any atom is -0.352 e. The van der Waals surface area contributed by atoms with Crippen LogP contribution in [0, 0.1) is 6.57 Å². The summed E-state index contributed by atoms with van der Waals surface area (Å²) in [5, 5.41) is 5.54. The number of aldehydes is 1. The fourth-order valence-corrected chi connectivity index (χ4v) is 7.33. The van der Waals surface area contributed by atoms with E-state index < -0.39 is 32.5 Å². The second-order valence-electron chi connectivity index (χ2n) is 12.3. The van der Waals surface area contributed by atoms with Crippen molar-refractivity contribution >= 4 is 38.5 Å². The predicted molar refractivity (Wildman–Crippen MR) is 196 cm³/mol. The molecule has 2 N–H and O–H groups in total. The van der Waals surface area contributed by atoms with Gasteiger partial charge in [-0.2, -0.15) is 4.98 Å². The van der Waals surface area contributed by atoms with E-state index in [1.165, 1.54) is 4.57 Å². The summed E-state index contributed by atoms with van der Waals surface area (Å²) in [6, 6.07) is 15.1. The van der Waals surface area contributed by atoms with Gasteiger partial charge in [-0.1, -0.05) is 49.4 Å². The Morgan fingerprint density at radius 3 is 2.41 bits per heavy atom. The summed E-state index contributed by atoms with van der Waals surface area (Å²) in [6.45, 7) is 18.0. The molecule has 4 atom stereocenters. The molecule has 2 aromatic carbocycles. The fourth-order valence-electron chi connectivity index (χ4n) is 5.58. The molecule has 1 fully saturated rings. The van der Waals surface area contributed by atoms with Crippen LogP contribution >= 0.6 is 8.53 Å². The maximum Gasteiger partial charge on any atom is 0.351 e. The van der Waals surface area contributed by atoms with Gasteiger partial charge in [0.05, 0.1) is 12.2 Å². The van der Waals surface area contributed by atoms with Gasteiger partial charge in [0.15, 0.2) is 0 Å². The van der Waals surface area contributed by atoms with E-state index in [1.807, 2.05) is 6.92 Å². The zero-order chi connectivity index (χ0) is 36.9. The summed E-state index contributed by atoms with van der Waals surface area (Å²) in [7, 11) is -1.53. The van der Waals surface area contributed by atoms with Gasteiger partial charge in [0.25, 0.3) is 20.3 Å². The molecule has 0 saturated carbocycles. The number of amides is 2. The third-order valence-corrected chi connectivity index (χ3v) is 10.2. The molecule has 1 aromatic heterocycles. The number of benzene rings is 2. The largest absolute Gasteiger partial charge is 0.352 e. The Morgan fingerprint density at radius 2 is 1.78 bits per heavy atom. The van der Waals surface area contributed by atoms with E-state index in [0.29, 0.717) is 41.4 Å². The van der Waals surface area contributed by atoms with Crippen molar-refractivity contribution in [3.63, 3.8) is 0 Å². The molecule has 4 rings (SSSR count). The minimum atomic E-state index is -1.53.